The number of ether oxygens (including phenoxy) is 1. The topological polar surface area (TPSA) is 135 Å². The van der Waals surface area contributed by atoms with Gasteiger partial charge in [-0.1, -0.05) is 24.3 Å². The molecule has 4 N–H and O–H groups in total. The second-order valence-electron chi connectivity index (χ2n) is 10.1. The molecule has 204 valence electrons. The lowest BCUT2D eigenvalue weighted by molar-refractivity contribution is -0.137. The Morgan fingerprint density at radius 2 is 1.87 bits per heavy atom. The number of nitrogens with one attached hydrogen (secondary N) is 2. The van der Waals surface area contributed by atoms with Gasteiger partial charge in [0.05, 0.1) is 24.2 Å². The van der Waals surface area contributed by atoms with Crippen molar-refractivity contribution in [3.8, 4) is 5.75 Å². The van der Waals surface area contributed by atoms with E-state index in [9.17, 15) is 14.4 Å². The minimum atomic E-state index is -0.774. The molecule has 3 heterocycles. The van der Waals surface area contributed by atoms with Crippen LogP contribution in [0.3, 0.4) is 0 Å². The Morgan fingerprint density at radius 1 is 1.13 bits per heavy atom. The maximum absolute atomic E-state index is 13.7. The summed E-state index contributed by atoms with van der Waals surface area (Å²) in [4.78, 5) is 48.2. The van der Waals surface area contributed by atoms with Crippen LogP contribution in [-0.2, 0) is 16.0 Å². The molecule has 10 heteroatoms. The zero-order valence-corrected chi connectivity index (χ0v) is 22.0. The molecule has 0 saturated carbocycles. The van der Waals surface area contributed by atoms with E-state index in [0.717, 1.165) is 22.2 Å². The Balaban J connectivity index is 1.28. The average Bonchev–Trinajstić information content (AvgIpc) is 3.59. The third-order valence-corrected chi connectivity index (χ3v) is 7.51. The Hall–Kier alpha value is -4.18. The summed E-state index contributed by atoms with van der Waals surface area (Å²) in [5.74, 6) is 0.198. The monoisotopic (exact) mass is 530 g/mol. The molecule has 0 bridgehead atoms. The smallest absolute Gasteiger partial charge is 0.326 e. The highest BCUT2D eigenvalue weighted by Crippen LogP contribution is 2.25. The molecular weight excluding hydrogens is 496 g/mol. The molecule has 1 saturated heterocycles. The molecule has 2 aromatic carbocycles. The Bertz CT molecular complexity index is 1450. The van der Waals surface area contributed by atoms with Crippen molar-refractivity contribution in [1.29, 1.82) is 0 Å². The molecule has 0 radical (unpaired) electrons. The van der Waals surface area contributed by atoms with E-state index in [0.29, 0.717) is 50.9 Å². The number of hydrogen-bond acceptors (Lipinski definition) is 6. The van der Waals surface area contributed by atoms with Gasteiger partial charge in [-0.05, 0) is 54.7 Å². The molecule has 2 atom stereocenters. The van der Waals surface area contributed by atoms with Crippen molar-refractivity contribution >= 4 is 29.1 Å². The number of nitrogens with zero attached hydrogens (tertiary/aromatic N) is 3. The van der Waals surface area contributed by atoms with Crippen LogP contribution in [0.1, 0.15) is 37.3 Å². The number of piperidine rings is 1. The van der Waals surface area contributed by atoms with Gasteiger partial charge in [0, 0.05) is 44.4 Å². The first-order valence-corrected chi connectivity index (χ1v) is 13.3. The first-order chi connectivity index (χ1) is 18.9. The van der Waals surface area contributed by atoms with Crippen molar-refractivity contribution < 1.29 is 14.3 Å². The summed E-state index contributed by atoms with van der Waals surface area (Å²) in [6, 6.07) is 13.5. The molecule has 39 heavy (non-hydrogen) atoms. The predicted molar refractivity (Wildman–Crippen MR) is 150 cm³/mol. The van der Waals surface area contributed by atoms with Gasteiger partial charge in [-0.25, -0.2) is 4.79 Å². The van der Waals surface area contributed by atoms with E-state index in [4.69, 9.17) is 10.5 Å². The van der Waals surface area contributed by atoms with Crippen LogP contribution in [0.15, 0.2) is 70.1 Å². The van der Waals surface area contributed by atoms with Crippen molar-refractivity contribution in [3.63, 3.8) is 0 Å². The lowest BCUT2D eigenvalue weighted by Crippen LogP contribution is -2.55. The standard InChI is InChI=1S/C29H34N6O4/c1-39-22-8-6-19(7-9-22)17-25(32-27(36)23(30)16-20-10-13-31-18-20)28(37)34-14-11-21(12-15-34)35-26-5-3-2-4-24(26)33-29(35)38/h2-9,13,18,21,23,25H,10-12,14-17,30H2,1H3,(H,32,36)(H,33,38). The highest BCUT2D eigenvalue weighted by molar-refractivity contribution is 5.90. The van der Waals surface area contributed by atoms with E-state index in [1.54, 1.807) is 29.0 Å². The number of imidazole rings is 1. The third-order valence-electron chi connectivity index (χ3n) is 7.51. The fraction of sp³-hybridized carbons (Fsp3) is 0.379. The van der Waals surface area contributed by atoms with Crippen LogP contribution < -0.4 is 21.5 Å². The van der Waals surface area contributed by atoms with Crippen LogP contribution in [0.5, 0.6) is 5.75 Å². The normalized spacial score (nSPS) is 17.2. The summed E-state index contributed by atoms with van der Waals surface area (Å²) in [7, 11) is 1.60. The highest BCUT2D eigenvalue weighted by atomic mass is 16.5. The third kappa shape index (κ3) is 5.96. The largest absolute Gasteiger partial charge is 0.497 e. The number of fused-ring (bicyclic) bond motifs is 1. The zero-order valence-electron chi connectivity index (χ0n) is 22.0. The fourth-order valence-corrected chi connectivity index (χ4v) is 5.37. The molecule has 0 spiro atoms. The number of methoxy groups -OCH3 is 1. The number of aromatic nitrogens is 2. The summed E-state index contributed by atoms with van der Waals surface area (Å²) in [5, 5.41) is 2.92. The first kappa shape index (κ1) is 26.4. The van der Waals surface area contributed by atoms with Crippen LogP contribution in [0, 0.1) is 0 Å². The zero-order chi connectivity index (χ0) is 27.4. The van der Waals surface area contributed by atoms with Crippen LogP contribution in [0.25, 0.3) is 11.0 Å². The van der Waals surface area contributed by atoms with Gasteiger partial charge in [0.15, 0.2) is 0 Å². The molecule has 2 amide bonds. The number of aromatic amines is 1. The lowest BCUT2D eigenvalue weighted by atomic mass is 9.99. The Labute approximate surface area is 226 Å². The maximum atomic E-state index is 13.7. The van der Waals surface area contributed by atoms with Gasteiger partial charge < -0.3 is 25.7 Å². The van der Waals surface area contributed by atoms with Gasteiger partial charge in [-0.2, -0.15) is 0 Å². The molecule has 2 aliphatic heterocycles. The minimum Gasteiger partial charge on any atom is -0.497 e. The molecule has 2 aliphatic rings. The van der Waals surface area contributed by atoms with Gasteiger partial charge in [0.1, 0.15) is 11.8 Å². The SMILES string of the molecule is COc1ccc(CC(NC(=O)C(N)CC2=CN=CC2)C(=O)N2CCC(n3c(=O)[nH]c4ccccc43)CC2)cc1. The highest BCUT2D eigenvalue weighted by Gasteiger charge is 2.32. The lowest BCUT2D eigenvalue weighted by Gasteiger charge is -2.35. The van der Waals surface area contributed by atoms with Crippen molar-refractivity contribution in [2.24, 2.45) is 10.7 Å². The van der Waals surface area contributed by atoms with E-state index < -0.39 is 12.1 Å². The van der Waals surface area contributed by atoms with Crippen LogP contribution in [0.2, 0.25) is 0 Å². The Morgan fingerprint density at radius 3 is 2.56 bits per heavy atom. The number of rotatable bonds is 9. The van der Waals surface area contributed by atoms with Gasteiger partial charge in [-0.15, -0.1) is 0 Å². The van der Waals surface area contributed by atoms with Crippen LogP contribution in [0.4, 0.5) is 0 Å². The van der Waals surface area contributed by atoms with E-state index in [-0.39, 0.29) is 23.5 Å². The number of aliphatic imine (C=N–C) groups is 1. The van der Waals surface area contributed by atoms with Gasteiger partial charge in [0.25, 0.3) is 0 Å². The summed E-state index contributed by atoms with van der Waals surface area (Å²) in [6.07, 6.45) is 6.20. The first-order valence-electron chi connectivity index (χ1n) is 13.3. The molecule has 10 nitrogen and oxygen atoms in total. The van der Waals surface area contributed by atoms with Crippen LogP contribution >= 0.6 is 0 Å². The molecule has 3 aromatic rings. The number of H-pyrrole nitrogens is 1. The Kier molecular flexibility index (Phi) is 7.92. The predicted octanol–water partition coefficient (Wildman–Crippen LogP) is 2.30. The van der Waals surface area contributed by atoms with Gasteiger partial charge >= 0.3 is 5.69 Å². The number of amides is 2. The van der Waals surface area contributed by atoms with E-state index >= 15 is 0 Å². The van der Waals surface area contributed by atoms with E-state index in [1.807, 2.05) is 48.5 Å². The van der Waals surface area contributed by atoms with Crippen molar-refractivity contribution in [2.75, 3.05) is 20.2 Å². The van der Waals surface area contributed by atoms with Gasteiger partial charge in [0.2, 0.25) is 11.8 Å². The fourth-order valence-electron chi connectivity index (χ4n) is 5.37. The molecule has 0 aliphatic carbocycles. The number of likely N-dealkylation sites (tertiary alicyclic amines) is 1. The number of carbonyl (C=O) groups excluding carboxylic acids is 2. The quantitative estimate of drug-likeness (QED) is 0.390. The number of para-hydroxylation sites is 2. The number of carbonyl (C=O) groups is 2. The maximum Gasteiger partial charge on any atom is 0.326 e. The average molecular weight is 531 g/mol. The van der Waals surface area contributed by atoms with E-state index in [1.165, 1.54) is 0 Å². The molecular formula is C29H34N6O4. The molecule has 1 fully saturated rings. The summed E-state index contributed by atoms with van der Waals surface area (Å²) in [6.45, 7) is 0.974. The van der Waals surface area contributed by atoms with Gasteiger partial charge in [-0.3, -0.25) is 19.1 Å². The summed E-state index contributed by atoms with van der Waals surface area (Å²) in [5.41, 5.74) is 9.63. The van der Waals surface area contributed by atoms with Crippen LogP contribution in [-0.4, -0.2) is 64.8 Å². The second kappa shape index (κ2) is 11.7. The molecule has 5 rings (SSSR count). The number of benzene rings is 2. The van der Waals surface area contributed by atoms with Crippen molar-refractivity contribution in [1.82, 2.24) is 19.8 Å². The van der Waals surface area contributed by atoms with E-state index in [2.05, 4.69) is 15.3 Å². The number of hydrogen-bond donors (Lipinski definition) is 3. The number of nitrogens with two attached hydrogens (primary N) is 1. The molecule has 1 aromatic heterocycles. The van der Waals surface area contributed by atoms with Crippen molar-refractivity contribution in [3.05, 3.63) is 76.4 Å². The summed E-state index contributed by atoms with van der Waals surface area (Å²) >= 11 is 0. The van der Waals surface area contributed by atoms with Crippen molar-refractivity contribution in [2.45, 2.75) is 50.2 Å². The minimum absolute atomic E-state index is 0.0114. The summed E-state index contributed by atoms with van der Waals surface area (Å²) < 4.78 is 7.05. The molecule has 2 unspecified atom stereocenters. The second-order valence-corrected chi connectivity index (χ2v) is 10.1.